The number of aliphatic hydroxyl groups is 1. The Morgan fingerprint density at radius 2 is 1.55 bits per heavy atom. The van der Waals surface area contributed by atoms with Gasteiger partial charge in [0.05, 0.1) is 0 Å². The summed E-state index contributed by atoms with van der Waals surface area (Å²) in [6.45, 7) is 3.44. The van der Waals surface area contributed by atoms with Crippen molar-refractivity contribution in [3.05, 3.63) is 0 Å². The predicted molar refractivity (Wildman–Crippen MR) is 48.4 cm³/mol. The highest BCUT2D eigenvalue weighted by atomic mass is 16.3. The van der Waals surface area contributed by atoms with Crippen molar-refractivity contribution in [3.8, 4) is 0 Å². The molecule has 11 heavy (non-hydrogen) atoms. The topological polar surface area (TPSA) is 46.2 Å². The van der Waals surface area contributed by atoms with Crippen LogP contribution < -0.4 is 5.73 Å². The van der Waals surface area contributed by atoms with Gasteiger partial charge < -0.3 is 10.8 Å². The van der Waals surface area contributed by atoms with Crippen LogP contribution in [0.3, 0.4) is 0 Å². The van der Waals surface area contributed by atoms with E-state index in [-0.39, 0.29) is 6.10 Å². The highest BCUT2D eigenvalue weighted by Crippen LogP contribution is 2.14. The van der Waals surface area contributed by atoms with Gasteiger partial charge in [-0.05, 0) is 26.7 Å². The van der Waals surface area contributed by atoms with Crippen LogP contribution in [-0.2, 0) is 0 Å². The molecule has 2 heteroatoms. The summed E-state index contributed by atoms with van der Waals surface area (Å²) < 4.78 is 0. The maximum Gasteiger partial charge on any atom is 0.0483 e. The molecular weight excluding hydrogens is 138 g/mol. The van der Waals surface area contributed by atoms with Crippen LogP contribution in [0.4, 0.5) is 0 Å². The normalized spacial score (nSPS) is 19.4. The lowest BCUT2D eigenvalue weighted by molar-refractivity contribution is 0.216. The minimum Gasteiger partial charge on any atom is -0.394 e. The highest BCUT2D eigenvalue weighted by Gasteiger charge is 2.06. The second kappa shape index (κ2) is 6.62. The highest BCUT2D eigenvalue weighted by molar-refractivity contribution is 4.66. The number of hydrogen-bond acceptors (Lipinski definition) is 2. The van der Waals surface area contributed by atoms with Crippen LogP contribution in [0, 0.1) is 0 Å². The van der Waals surface area contributed by atoms with Crippen LogP contribution in [0.1, 0.15) is 46.0 Å². The maximum atomic E-state index is 8.06. The van der Waals surface area contributed by atoms with Gasteiger partial charge in [-0.2, -0.15) is 0 Å². The van der Waals surface area contributed by atoms with E-state index in [1.807, 2.05) is 0 Å². The van der Waals surface area contributed by atoms with Crippen molar-refractivity contribution in [2.24, 2.45) is 5.73 Å². The number of nitrogens with two attached hydrogens (primary N) is 1. The van der Waals surface area contributed by atoms with E-state index in [4.69, 9.17) is 10.8 Å². The van der Waals surface area contributed by atoms with Crippen LogP contribution in [0.2, 0.25) is 0 Å². The molecule has 0 aromatic heterocycles. The van der Waals surface area contributed by atoms with Crippen molar-refractivity contribution in [3.63, 3.8) is 0 Å². The van der Waals surface area contributed by atoms with E-state index in [2.05, 4.69) is 0 Å². The van der Waals surface area contributed by atoms with Crippen molar-refractivity contribution < 1.29 is 5.11 Å². The third-order valence-electron chi connectivity index (χ3n) is 1.65. The summed E-state index contributed by atoms with van der Waals surface area (Å²) in [6, 6.07) is 0.536. The molecule has 1 saturated carbocycles. The molecule has 0 atom stereocenters. The molecule has 0 saturated heterocycles. The quantitative estimate of drug-likeness (QED) is 0.564. The molecule has 0 aromatic rings. The van der Waals surface area contributed by atoms with Crippen LogP contribution in [0.5, 0.6) is 0 Å². The van der Waals surface area contributed by atoms with Gasteiger partial charge in [0, 0.05) is 12.1 Å². The van der Waals surface area contributed by atoms with E-state index in [1.165, 1.54) is 32.1 Å². The molecule has 0 aliphatic heterocycles. The summed E-state index contributed by atoms with van der Waals surface area (Å²) >= 11 is 0. The van der Waals surface area contributed by atoms with Crippen molar-refractivity contribution >= 4 is 0 Å². The molecule has 1 rings (SSSR count). The third kappa shape index (κ3) is 9.92. The van der Waals surface area contributed by atoms with Crippen LogP contribution in [0.15, 0.2) is 0 Å². The number of hydrogen-bond donors (Lipinski definition) is 2. The molecule has 0 spiro atoms. The van der Waals surface area contributed by atoms with Gasteiger partial charge in [0.2, 0.25) is 0 Å². The molecule has 1 aliphatic rings. The summed E-state index contributed by atoms with van der Waals surface area (Å²) in [5.74, 6) is 0. The van der Waals surface area contributed by atoms with Crippen molar-refractivity contribution in [2.75, 3.05) is 0 Å². The van der Waals surface area contributed by atoms with Crippen molar-refractivity contribution in [2.45, 2.75) is 58.1 Å². The zero-order valence-corrected chi connectivity index (χ0v) is 7.71. The Morgan fingerprint density at radius 3 is 1.73 bits per heavy atom. The molecule has 0 aromatic carbocycles. The average molecular weight is 159 g/mol. The first-order chi connectivity index (χ1) is 5.13. The summed E-state index contributed by atoms with van der Waals surface area (Å²) in [4.78, 5) is 0. The van der Waals surface area contributed by atoms with E-state index >= 15 is 0 Å². The number of aliphatic hydroxyl groups excluding tert-OH is 1. The monoisotopic (exact) mass is 159 g/mol. The van der Waals surface area contributed by atoms with Crippen molar-refractivity contribution in [1.29, 1.82) is 0 Å². The zero-order chi connectivity index (χ0) is 8.69. The second-order valence-electron chi connectivity index (χ2n) is 3.49. The average Bonchev–Trinajstić information content (AvgIpc) is 1.87. The standard InChI is InChI=1S/C6H13N.C3H8O/c7-6-4-2-1-3-5-6;1-3(2)4/h6H,1-5,7H2;3-4H,1-2H3. The zero-order valence-electron chi connectivity index (χ0n) is 7.71. The SMILES string of the molecule is CC(C)O.NC1CCCCC1. The lowest BCUT2D eigenvalue weighted by Crippen LogP contribution is -2.22. The Kier molecular flexibility index (Phi) is 6.57. The first-order valence-corrected chi connectivity index (χ1v) is 4.56. The predicted octanol–water partition coefficient (Wildman–Crippen LogP) is 1.66. The first-order valence-electron chi connectivity index (χ1n) is 4.56. The van der Waals surface area contributed by atoms with Gasteiger partial charge in [-0.1, -0.05) is 19.3 Å². The summed E-state index contributed by atoms with van der Waals surface area (Å²) in [5.41, 5.74) is 5.63. The van der Waals surface area contributed by atoms with E-state index in [0.717, 1.165) is 0 Å². The van der Waals surface area contributed by atoms with Gasteiger partial charge in [-0.15, -0.1) is 0 Å². The number of rotatable bonds is 0. The Labute approximate surface area is 69.8 Å². The van der Waals surface area contributed by atoms with E-state index in [1.54, 1.807) is 13.8 Å². The third-order valence-corrected chi connectivity index (χ3v) is 1.65. The van der Waals surface area contributed by atoms with E-state index in [0.29, 0.717) is 6.04 Å². The molecule has 0 unspecified atom stereocenters. The minimum atomic E-state index is -0.167. The van der Waals surface area contributed by atoms with Crippen LogP contribution in [-0.4, -0.2) is 17.3 Å². The molecule has 2 nitrogen and oxygen atoms in total. The van der Waals surface area contributed by atoms with E-state index < -0.39 is 0 Å². The molecule has 3 N–H and O–H groups in total. The molecule has 1 aliphatic carbocycles. The van der Waals surface area contributed by atoms with Gasteiger partial charge in [0.1, 0.15) is 0 Å². The van der Waals surface area contributed by atoms with Gasteiger partial charge in [0.15, 0.2) is 0 Å². The molecular formula is C9H21NO. The van der Waals surface area contributed by atoms with Crippen molar-refractivity contribution in [1.82, 2.24) is 0 Å². The fourth-order valence-corrected chi connectivity index (χ4v) is 1.13. The Hall–Kier alpha value is -0.0800. The molecule has 0 bridgehead atoms. The first kappa shape index (κ1) is 10.9. The second-order valence-corrected chi connectivity index (χ2v) is 3.49. The molecule has 1 fully saturated rings. The Morgan fingerprint density at radius 1 is 1.18 bits per heavy atom. The van der Waals surface area contributed by atoms with E-state index in [9.17, 15) is 0 Å². The van der Waals surface area contributed by atoms with Crippen LogP contribution >= 0.6 is 0 Å². The maximum absolute atomic E-state index is 8.06. The van der Waals surface area contributed by atoms with Gasteiger partial charge in [-0.3, -0.25) is 0 Å². The fraction of sp³-hybridized carbons (Fsp3) is 1.00. The molecule has 0 heterocycles. The summed E-state index contributed by atoms with van der Waals surface area (Å²) in [6.07, 6.45) is 6.50. The minimum absolute atomic E-state index is 0.167. The molecule has 68 valence electrons. The summed E-state index contributed by atoms with van der Waals surface area (Å²) in [5, 5.41) is 8.06. The van der Waals surface area contributed by atoms with Crippen LogP contribution in [0.25, 0.3) is 0 Å². The largest absolute Gasteiger partial charge is 0.394 e. The summed E-state index contributed by atoms with van der Waals surface area (Å²) in [7, 11) is 0. The van der Waals surface area contributed by atoms with Gasteiger partial charge in [-0.25, -0.2) is 0 Å². The smallest absolute Gasteiger partial charge is 0.0483 e. The molecule has 0 radical (unpaired) electrons. The Balaban J connectivity index is 0.000000218. The lowest BCUT2D eigenvalue weighted by Gasteiger charge is -2.15. The lowest BCUT2D eigenvalue weighted by atomic mass is 9.97. The molecule has 0 amide bonds. The van der Waals surface area contributed by atoms with Gasteiger partial charge in [0.25, 0.3) is 0 Å². The fourth-order valence-electron chi connectivity index (χ4n) is 1.13. The Bertz CT molecular complexity index is 74.9. The van der Waals surface area contributed by atoms with Gasteiger partial charge >= 0.3 is 0 Å².